The van der Waals surface area contributed by atoms with Gasteiger partial charge in [0.15, 0.2) is 12.2 Å². The molecule has 0 aliphatic carbocycles. The van der Waals surface area contributed by atoms with Crippen molar-refractivity contribution in [3.8, 4) is 0 Å². The van der Waals surface area contributed by atoms with Crippen LogP contribution in [0.4, 0.5) is 0 Å². The maximum Gasteiger partial charge on any atom is 0.472 e. The highest BCUT2D eigenvalue weighted by Gasteiger charge is 2.30. The second-order valence-electron chi connectivity index (χ2n) is 24.1. The topological polar surface area (TPSA) is 237 Å². The van der Waals surface area contributed by atoms with Gasteiger partial charge in [-0.25, -0.2) is 9.13 Å². The van der Waals surface area contributed by atoms with Crippen molar-refractivity contribution in [3.05, 3.63) is 0 Å². The molecular weight excluding hydrogens is 1100 g/mol. The number of phosphoric ester groups is 2. The molecule has 0 saturated heterocycles. The number of phosphoric acid groups is 2. The molecule has 0 bridgehead atoms. The number of carbonyl (C=O) groups excluding carboxylic acids is 4. The highest BCUT2D eigenvalue weighted by Crippen LogP contribution is 2.45. The first-order valence-corrected chi connectivity index (χ1v) is 36.5. The van der Waals surface area contributed by atoms with Gasteiger partial charge in [-0.3, -0.25) is 37.3 Å². The number of hydrogen-bond donors (Lipinski definition) is 3. The zero-order valence-corrected chi connectivity index (χ0v) is 55.3. The Morgan fingerprint density at radius 2 is 0.554 bits per heavy atom. The molecule has 0 heterocycles. The highest BCUT2D eigenvalue weighted by molar-refractivity contribution is 7.47. The summed E-state index contributed by atoms with van der Waals surface area (Å²) in [5.41, 5.74) is 0. The van der Waals surface area contributed by atoms with E-state index in [9.17, 15) is 43.2 Å². The molecule has 3 N–H and O–H groups in total. The molecule has 0 aromatic rings. The van der Waals surface area contributed by atoms with Gasteiger partial charge in [-0.1, -0.05) is 266 Å². The molecule has 0 rings (SSSR count). The monoisotopic (exact) mass is 1230 g/mol. The second-order valence-corrected chi connectivity index (χ2v) is 27.0. The number of aliphatic hydroxyl groups excluding tert-OH is 1. The van der Waals surface area contributed by atoms with Gasteiger partial charge in [-0.2, -0.15) is 0 Å². The van der Waals surface area contributed by atoms with Crippen LogP contribution in [0.1, 0.15) is 318 Å². The van der Waals surface area contributed by atoms with Crippen LogP contribution in [0.5, 0.6) is 0 Å². The van der Waals surface area contributed by atoms with E-state index in [0.717, 1.165) is 115 Å². The average molecular weight is 1230 g/mol. The Labute approximate surface area is 505 Å². The number of unbranched alkanes of at least 4 members (excludes halogenated alkanes) is 33. The summed E-state index contributed by atoms with van der Waals surface area (Å²) < 4.78 is 67.9. The quantitative estimate of drug-likeness (QED) is 0.0222. The molecule has 17 nitrogen and oxygen atoms in total. The van der Waals surface area contributed by atoms with Crippen molar-refractivity contribution in [2.75, 3.05) is 39.6 Å². The lowest BCUT2D eigenvalue weighted by molar-refractivity contribution is -0.161. The Morgan fingerprint density at radius 3 is 0.819 bits per heavy atom. The van der Waals surface area contributed by atoms with Crippen molar-refractivity contribution >= 4 is 39.5 Å². The molecule has 5 atom stereocenters. The van der Waals surface area contributed by atoms with E-state index >= 15 is 0 Å². The van der Waals surface area contributed by atoms with E-state index in [-0.39, 0.29) is 25.7 Å². The van der Waals surface area contributed by atoms with E-state index in [0.29, 0.717) is 25.7 Å². The fourth-order valence-electron chi connectivity index (χ4n) is 9.53. The van der Waals surface area contributed by atoms with Crippen molar-refractivity contribution in [1.82, 2.24) is 0 Å². The lowest BCUT2D eigenvalue weighted by Crippen LogP contribution is -2.30. The van der Waals surface area contributed by atoms with E-state index in [1.165, 1.54) is 122 Å². The summed E-state index contributed by atoms with van der Waals surface area (Å²) in [7, 11) is -9.88. The van der Waals surface area contributed by atoms with Crippen LogP contribution >= 0.6 is 15.6 Å². The van der Waals surface area contributed by atoms with Gasteiger partial charge in [0.25, 0.3) is 0 Å². The zero-order valence-electron chi connectivity index (χ0n) is 53.5. The van der Waals surface area contributed by atoms with E-state index in [2.05, 4.69) is 41.5 Å². The number of ether oxygens (including phenoxy) is 4. The predicted molar refractivity (Wildman–Crippen MR) is 331 cm³/mol. The minimum Gasteiger partial charge on any atom is -0.462 e. The third-order valence-corrected chi connectivity index (χ3v) is 16.6. The molecule has 0 saturated carbocycles. The van der Waals surface area contributed by atoms with E-state index in [1.54, 1.807) is 0 Å². The maximum atomic E-state index is 13.0. The minimum atomic E-state index is -4.94. The van der Waals surface area contributed by atoms with Crippen molar-refractivity contribution in [2.24, 2.45) is 11.8 Å². The zero-order chi connectivity index (χ0) is 61.5. The molecular formula is C64H124O17P2. The van der Waals surface area contributed by atoms with Crippen molar-refractivity contribution in [1.29, 1.82) is 0 Å². The Balaban J connectivity index is 5.22. The summed E-state index contributed by atoms with van der Waals surface area (Å²) in [5.74, 6) is -0.646. The molecule has 0 amide bonds. The van der Waals surface area contributed by atoms with Crippen molar-refractivity contribution in [2.45, 2.75) is 336 Å². The van der Waals surface area contributed by atoms with Crippen molar-refractivity contribution < 1.29 is 80.2 Å². The Hall–Kier alpha value is -1.94. The van der Waals surface area contributed by atoms with Crippen LogP contribution in [-0.4, -0.2) is 96.7 Å². The van der Waals surface area contributed by atoms with Gasteiger partial charge >= 0.3 is 39.5 Å². The summed E-state index contributed by atoms with van der Waals surface area (Å²) in [6.45, 7) is 9.42. The maximum absolute atomic E-state index is 13.0. The smallest absolute Gasteiger partial charge is 0.462 e. The summed E-state index contributed by atoms with van der Waals surface area (Å²) in [6, 6.07) is 0. The highest BCUT2D eigenvalue weighted by atomic mass is 31.2. The van der Waals surface area contributed by atoms with Gasteiger partial charge in [0.2, 0.25) is 0 Å². The number of carbonyl (C=O) groups is 4. The number of rotatable bonds is 63. The van der Waals surface area contributed by atoms with Crippen molar-refractivity contribution in [3.63, 3.8) is 0 Å². The van der Waals surface area contributed by atoms with Crippen LogP contribution in [0.2, 0.25) is 0 Å². The molecule has 0 fully saturated rings. The van der Waals surface area contributed by atoms with Gasteiger partial charge in [0, 0.05) is 25.7 Å². The SMILES string of the molecule is CCCCCCCCCCCCCC(=O)O[C@H](COC(=O)CCCCCCCCC)COP(=O)(O)OC[C@H](O)COP(=O)(O)OC[C@@H](COC(=O)CCCCCCCCCCC(C)C)OC(=O)CCCCCCCCCCCCCC(C)C. The molecule has 0 aromatic carbocycles. The van der Waals surface area contributed by atoms with Gasteiger partial charge < -0.3 is 33.8 Å². The number of aliphatic hydroxyl groups is 1. The van der Waals surface area contributed by atoms with Crippen LogP contribution < -0.4 is 0 Å². The normalized spacial score (nSPS) is 14.3. The lowest BCUT2D eigenvalue weighted by atomic mass is 10.0. The van der Waals surface area contributed by atoms with Crippen LogP contribution in [0.25, 0.3) is 0 Å². The fraction of sp³-hybridized carbons (Fsp3) is 0.938. The van der Waals surface area contributed by atoms with Gasteiger partial charge in [-0.05, 0) is 37.5 Å². The third-order valence-electron chi connectivity index (χ3n) is 14.7. The minimum absolute atomic E-state index is 0.106. The summed E-state index contributed by atoms with van der Waals surface area (Å²) >= 11 is 0. The Kier molecular flexibility index (Phi) is 55.2. The number of esters is 4. The summed E-state index contributed by atoms with van der Waals surface area (Å²) in [4.78, 5) is 72.1. The third kappa shape index (κ3) is 58.8. The van der Waals surface area contributed by atoms with Crippen LogP contribution in [-0.2, 0) is 65.4 Å². The first-order valence-electron chi connectivity index (χ1n) is 33.5. The summed E-state index contributed by atoms with van der Waals surface area (Å²) in [6.07, 6.45) is 39.0. The van der Waals surface area contributed by atoms with E-state index in [1.807, 2.05) is 0 Å². The molecule has 0 aromatic heterocycles. The van der Waals surface area contributed by atoms with Gasteiger partial charge in [-0.15, -0.1) is 0 Å². The molecule has 0 spiro atoms. The lowest BCUT2D eigenvalue weighted by Gasteiger charge is -2.21. The van der Waals surface area contributed by atoms with E-state index in [4.69, 9.17) is 37.0 Å². The second kappa shape index (κ2) is 56.6. The first-order chi connectivity index (χ1) is 39.9. The van der Waals surface area contributed by atoms with Crippen LogP contribution in [0.3, 0.4) is 0 Å². The van der Waals surface area contributed by atoms with Gasteiger partial charge in [0.1, 0.15) is 19.3 Å². The first kappa shape index (κ1) is 81.1. The predicted octanol–water partition coefficient (Wildman–Crippen LogP) is 17.7. The van der Waals surface area contributed by atoms with E-state index < -0.39 is 97.5 Å². The molecule has 19 heteroatoms. The van der Waals surface area contributed by atoms with Crippen LogP contribution in [0, 0.1) is 11.8 Å². The van der Waals surface area contributed by atoms with Crippen LogP contribution in [0.15, 0.2) is 0 Å². The molecule has 2 unspecified atom stereocenters. The molecule has 83 heavy (non-hydrogen) atoms. The fourth-order valence-corrected chi connectivity index (χ4v) is 11.1. The molecule has 492 valence electrons. The molecule has 0 aliphatic heterocycles. The Morgan fingerprint density at radius 1 is 0.325 bits per heavy atom. The molecule has 0 aliphatic rings. The standard InChI is InChI=1S/C64H124O17P2/c1-7-9-11-13-15-16-18-22-30-36-42-48-63(68)80-59(52-74-61(66)46-40-34-26-14-12-10-8-2)54-78-82(70,71)76-50-58(65)51-77-83(72,73)79-55-60(53-75-62(67)47-41-35-29-25-24-28-33-39-45-57(5)6)81-64(69)49-43-37-31-23-20-17-19-21-27-32-38-44-56(3)4/h56-60,65H,7-55H2,1-6H3,(H,70,71)(H,72,73)/t58-,59+,60+/m0/s1. The largest absolute Gasteiger partial charge is 0.472 e. The van der Waals surface area contributed by atoms with Gasteiger partial charge in [0.05, 0.1) is 26.4 Å². The summed E-state index contributed by atoms with van der Waals surface area (Å²) in [5, 5.41) is 10.5. The Bertz CT molecular complexity index is 1630. The molecule has 0 radical (unpaired) electrons. The number of hydrogen-bond acceptors (Lipinski definition) is 15. The average Bonchev–Trinajstić information content (AvgIpc) is 3.44.